The summed E-state index contributed by atoms with van der Waals surface area (Å²) < 4.78 is 16.8. The normalized spacial score (nSPS) is 20.7. The van der Waals surface area contributed by atoms with Gasteiger partial charge in [-0.25, -0.2) is 4.79 Å². The molecule has 0 unspecified atom stereocenters. The van der Waals surface area contributed by atoms with Gasteiger partial charge >= 0.3 is 6.09 Å². The number of ether oxygens (including phenoxy) is 3. The maximum atomic E-state index is 12.6. The molecular weight excluding hydrogens is 446 g/mol. The van der Waals surface area contributed by atoms with Gasteiger partial charge in [-0.3, -0.25) is 9.69 Å². The highest BCUT2D eigenvalue weighted by Gasteiger charge is 2.35. The molecule has 2 aliphatic heterocycles. The number of rotatable bonds is 7. The number of benzene rings is 1. The summed E-state index contributed by atoms with van der Waals surface area (Å²) in [4.78, 5) is 31.8. The Labute approximate surface area is 177 Å². The van der Waals surface area contributed by atoms with Gasteiger partial charge < -0.3 is 24.4 Å². The molecular formula is C19H24BrN3O6. The van der Waals surface area contributed by atoms with Crippen LogP contribution in [-0.4, -0.2) is 61.0 Å². The van der Waals surface area contributed by atoms with Crippen LogP contribution in [0.3, 0.4) is 0 Å². The lowest BCUT2D eigenvalue weighted by molar-refractivity contribution is -0.125. The molecule has 3 rings (SSSR count). The van der Waals surface area contributed by atoms with Gasteiger partial charge in [-0.05, 0) is 34.8 Å². The van der Waals surface area contributed by atoms with Crippen molar-refractivity contribution in [3.8, 4) is 11.5 Å². The van der Waals surface area contributed by atoms with E-state index in [1.54, 1.807) is 25.3 Å². The van der Waals surface area contributed by atoms with Crippen LogP contribution in [0.1, 0.15) is 24.8 Å². The maximum absolute atomic E-state index is 12.6. The summed E-state index contributed by atoms with van der Waals surface area (Å²) in [5.41, 5.74) is 0.685. The zero-order valence-corrected chi connectivity index (χ0v) is 17.9. The number of para-hydroxylation sites is 1. The van der Waals surface area contributed by atoms with Crippen LogP contribution in [0, 0.1) is 0 Å². The van der Waals surface area contributed by atoms with Crippen LogP contribution in [0.25, 0.3) is 0 Å². The lowest BCUT2D eigenvalue weighted by atomic mass is 10.2. The summed E-state index contributed by atoms with van der Waals surface area (Å²) in [5, 5.41) is 6.63. The number of likely N-dealkylation sites (tertiary alicyclic amines) is 1. The van der Waals surface area contributed by atoms with Crippen molar-refractivity contribution in [1.29, 1.82) is 0 Å². The smallest absolute Gasteiger partial charge is 0.410 e. The topological polar surface area (TPSA) is 98.7 Å². The fraction of sp³-hybridized carbons (Fsp3) is 0.526. The number of halogens is 1. The van der Waals surface area contributed by atoms with Gasteiger partial charge in [0, 0.05) is 18.5 Å². The molecule has 0 spiro atoms. The molecule has 1 aromatic rings. The molecule has 2 amide bonds. The van der Waals surface area contributed by atoms with Crippen molar-refractivity contribution in [2.45, 2.75) is 38.0 Å². The van der Waals surface area contributed by atoms with E-state index in [2.05, 4.69) is 26.4 Å². The Morgan fingerprint density at radius 1 is 1.34 bits per heavy atom. The van der Waals surface area contributed by atoms with Gasteiger partial charge in [0.15, 0.2) is 17.6 Å². The van der Waals surface area contributed by atoms with Gasteiger partial charge in [0.1, 0.15) is 17.3 Å². The Bertz CT molecular complexity index is 787. The second-order valence-corrected chi connectivity index (χ2v) is 7.62. The molecule has 1 N–H and O–H groups in total. The van der Waals surface area contributed by atoms with Crippen LogP contribution >= 0.6 is 15.9 Å². The molecule has 1 aromatic carbocycles. The van der Waals surface area contributed by atoms with Crippen LogP contribution in [0.15, 0.2) is 23.4 Å². The van der Waals surface area contributed by atoms with E-state index in [4.69, 9.17) is 19.0 Å². The Hall–Kier alpha value is -2.49. The fourth-order valence-electron chi connectivity index (χ4n) is 3.38. The Balaban J connectivity index is 1.54. The monoisotopic (exact) mass is 469 g/mol. The Morgan fingerprint density at radius 2 is 2.17 bits per heavy atom. The van der Waals surface area contributed by atoms with E-state index < -0.39 is 12.1 Å². The maximum Gasteiger partial charge on any atom is 0.410 e. The minimum atomic E-state index is -0.555. The molecule has 1 fully saturated rings. The summed E-state index contributed by atoms with van der Waals surface area (Å²) in [6.07, 6.45) is 1.21. The molecule has 9 nitrogen and oxygen atoms in total. The third-order valence-electron chi connectivity index (χ3n) is 4.83. The first-order chi connectivity index (χ1) is 14.0. The van der Waals surface area contributed by atoms with Crippen LogP contribution in [-0.2, 0) is 21.0 Å². The molecule has 2 atom stereocenters. The lowest BCUT2D eigenvalue weighted by Gasteiger charge is -2.24. The quantitative estimate of drug-likeness (QED) is 0.658. The average Bonchev–Trinajstić information content (AvgIpc) is 3.38. The van der Waals surface area contributed by atoms with Crippen LogP contribution in [0.5, 0.6) is 11.5 Å². The van der Waals surface area contributed by atoms with E-state index in [-0.39, 0.29) is 18.6 Å². The van der Waals surface area contributed by atoms with Gasteiger partial charge in [-0.15, -0.1) is 0 Å². The van der Waals surface area contributed by atoms with Crippen molar-refractivity contribution in [2.24, 2.45) is 5.16 Å². The van der Waals surface area contributed by atoms with E-state index >= 15 is 0 Å². The van der Waals surface area contributed by atoms with E-state index in [1.807, 2.05) is 0 Å². The fourth-order valence-corrected chi connectivity index (χ4v) is 3.83. The largest absolute Gasteiger partial charge is 0.493 e. The molecule has 158 valence electrons. The van der Waals surface area contributed by atoms with Crippen LogP contribution in [0.4, 0.5) is 4.79 Å². The molecule has 1 saturated heterocycles. The summed E-state index contributed by atoms with van der Waals surface area (Å²) in [6.45, 7) is 0.823. The number of methoxy groups -OCH3 is 2. The number of hydrogen-bond acceptors (Lipinski definition) is 7. The molecule has 2 aliphatic rings. The predicted octanol–water partition coefficient (Wildman–Crippen LogP) is 2.42. The van der Waals surface area contributed by atoms with Crippen molar-refractivity contribution in [3.63, 3.8) is 0 Å². The van der Waals surface area contributed by atoms with Gasteiger partial charge in [0.05, 0.1) is 20.8 Å². The zero-order valence-electron chi connectivity index (χ0n) is 16.4. The first kappa shape index (κ1) is 21.2. The number of hydrogen-bond donors (Lipinski definition) is 1. The highest BCUT2D eigenvalue weighted by atomic mass is 79.9. The van der Waals surface area contributed by atoms with Crippen LogP contribution < -0.4 is 14.8 Å². The number of nitrogens with one attached hydrogen (secondary N) is 1. The summed E-state index contributed by atoms with van der Waals surface area (Å²) in [7, 11) is 3.07. The minimum Gasteiger partial charge on any atom is -0.493 e. The van der Waals surface area contributed by atoms with Crippen molar-refractivity contribution in [3.05, 3.63) is 23.8 Å². The third kappa shape index (κ3) is 5.11. The van der Waals surface area contributed by atoms with Gasteiger partial charge in [-0.2, -0.15) is 0 Å². The molecule has 10 heteroatoms. The molecule has 0 saturated carbocycles. The van der Waals surface area contributed by atoms with Gasteiger partial charge in [0.25, 0.3) is 0 Å². The SMILES string of the molecule is COc1cccc(COC(=O)N2CCC[C@H]2C(=O)NC[C@@H]2CC(Br)=NO2)c1OC. The number of carbonyl (C=O) groups excluding carboxylic acids is 2. The average molecular weight is 470 g/mol. The first-order valence-electron chi connectivity index (χ1n) is 9.32. The van der Waals surface area contributed by atoms with E-state index in [0.29, 0.717) is 43.0 Å². The third-order valence-corrected chi connectivity index (χ3v) is 5.30. The van der Waals surface area contributed by atoms with Crippen molar-refractivity contribution >= 4 is 32.6 Å². The highest BCUT2D eigenvalue weighted by molar-refractivity contribution is 9.18. The first-order valence-corrected chi connectivity index (χ1v) is 10.1. The van der Waals surface area contributed by atoms with Gasteiger partial charge in [-0.1, -0.05) is 17.3 Å². The zero-order chi connectivity index (χ0) is 20.8. The number of oxime groups is 1. The second kappa shape index (κ2) is 9.82. The van der Waals surface area contributed by atoms with Gasteiger partial charge in [0.2, 0.25) is 5.91 Å². The van der Waals surface area contributed by atoms with E-state index in [0.717, 1.165) is 11.0 Å². The van der Waals surface area contributed by atoms with E-state index in [1.165, 1.54) is 12.0 Å². The molecule has 0 aliphatic carbocycles. The minimum absolute atomic E-state index is 0.0192. The summed E-state index contributed by atoms with van der Waals surface area (Å²) >= 11 is 3.26. The highest BCUT2D eigenvalue weighted by Crippen LogP contribution is 2.31. The molecule has 0 bridgehead atoms. The molecule has 0 radical (unpaired) electrons. The summed E-state index contributed by atoms with van der Waals surface area (Å²) in [5.74, 6) is 0.859. The van der Waals surface area contributed by atoms with Crippen LogP contribution in [0.2, 0.25) is 0 Å². The molecule has 2 heterocycles. The lowest BCUT2D eigenvalue weighted by Crippen LogP contribution is -2.47. The second-order valence-electron chi connectivity index (χ2n) is 6.70. The molecule has 29 heavy (non-hydrogen) atoms. The summed E-state index contributed by atoms with van der Waals surface area (Å²) in [6, 6.07) is 4.80. The predicted molar refractivity (Wildman–Crippen MR) is 108 cm³/mol. The number of carbonyl (C=O) groups is 2. The standard InChI is InChI=1S/C19H24BrN3O6/c1-26-15-7-3-5-12(17(15)27-2)11-28-19(25)23-8-4-6-14(23)18(24)21-10-13-9-16(20)22-29-13/h3,5,7,13-14H,4,6,8-11H2,1-2H3,(H,21,24)/t13-,14-/m0/s1. The van der Waals surface area contributed by atoms with Crippen molar-refractivity contribution in [2.75, 3.05) is 27.3 Å². The van der Waals surface area contributed by atoms with E-state index in [9.17, 15) is 9.59 Å². The number of amides is 2. The van der Waals surface area contributed by atoms with Crippen molar-refractivity contribution in [1.82, 2.24) is 10.2 Å². The number of nitrogens with zero attached hydrogens (tertiary/aromatic N) is 2. The Kier molecular flexibility index (Phi) is 7.18. The molecule has 0 aromatic heterocycles. The van der Waals surface area contributed by atoms with Crippen molar-refractivity contribution < 1.29 is 28.6 Å². The Morgan fingerprint density at radius 3 is 2.86 bits per heavy atom.